The molecule has 0 amide bonds. The van der Waals surface area contributed by atoms with Crippen molar-refractivity contribution in [3.63, 3.8) is 0 Å². The number of aromatic nitrogens is 6. The van der Waals surface area contributed by atoms with E-state index in [9.17, 15) is 5.26 Å². The van der Waals surface area contributed by atoms with E-state index in [0.29, 0.717) is 5.56 Å². The third kappa shape index (κ3) is 4.74. The fourth-order valence-corrected chi connectivity index (χ4v) is 5.26. The van der Waals surface area contributed by atoms with Crippen LogP contribution in [0.15, 0.2) is 72.5 Å². The highest BCUT2D eigenvalue weighted by atomic mass is 32.2. The maximum absolute atomic E-state index is 9.69. The van der Waals surface area contributed by atoms with E-state index in [1.54, 1.807) is 27.2 Å². The molecule has 1 aliphatic rings. The Labute approximate surface area is 225 Å². The van der Waals surface area contributed by atoms with Gasteiger partial charge < -0.3 is 4.90 Å². The predicted octanol–water partition coefficient (Wildman–Crippen LogP) is 4.11. The Morgan fingerprint density at radius 1 is 0.895 bits per heavy atom. The van der Waals surface area contributed by atoms with Crippen LogP contribution in [0.1, 0.15) is 11.1 Å². The zero-order chi connectivity index (χ0) is 26.1. The SMILES string of the molecule is CSc1ccc(CN2CCN(c3ccc(-c4cc(-c5cnn(C)c5)cn5ncc(C#N)c45)cn3)CC2)cn1. The van der Waals surface area contributed by atoms with Gasteiger partial charge in [0.25, 0.3) is 0 Å². The fourth-order valence-electron chi connectivity index (χ4n) is 4.90. The van der Waals surface area contributed by atoms with Crippen LogP contribution < -0.4 is 4.90 Å². The van der Waals surface area contributed by atoms with Crippen molar-refractivity contribution in [2.75, 3.05) is 37.3 Å². The molecule has 38 heavy (non-hydrogen) atoms. The van der Waals surface area contributed by atoms with Crippen molar-refractivity contribution >= 4 is 23.1 Å². The molecule has 0 radical (unpaired) electrons. The number of aryl methyl sites for hydroxylation is 1. The maximum Gasteiger partial charge on any atom is 0.128 e. The van der Waals surface area contributed by atoms with Gasteiger partial charge in [-0.2, -0.15) is 15.5 Å². The van der Waals surface area contributed by atoms with Gasteiger partial charge in [-0.15, -0.1) is 11.8 Å². The van der Waals surface area contributed by atoms with Crippen LogP contribution in [-0.4, -0.2) is 66.7 Å². The number of anilines is 1. The quantitative estimate of drug-likeness (QED) is 0.309. The predicted molar refractivity (Wildman–Crippen MR) is 149 cm³/mol. The highest BCUT2D eigenvalue weighted by Gasteiger charge is 2.19. The van der Waals surface area contributed by atoms with Gasteiger partial charge in [-0.25, -0.2) is 14.5 Å². The number of pyridine rings is 3. The Morgan fingerprint density at radius 3 is 2.42 bits per heavy atom. The van der Waals surface area contributed by atoms with Crippen molar-refractivity contribution in [3.8, 4) is 28.3 Å². The first-order valence-electron chi connectivity index (χ1n) is 12.4. The summed E-state index contributed by atoms with van der Waals surface area (Å²) in [6.07, 6.45) is 13.3. The number of nitrogens with zero attached hydrogens (tertiary/aromatic N) is 9. The van der Waals surface area contributed by atoms with E-state index in [-0.39, 0.29) is 0 Å². The van der Waals surface area contributed by atoms with Crippen molar-refractivity contribution < 1.29 is 0 Å². The zero-order valence-electron chi connectivity index (χ0n) is 21.3. The zero-order valence-corrected chi connectivity index (χ0v) is 22.1. The Kier molecular flexibility index (Phi) is 6.54. The van der Waals surface area contributed by atoms with Gasteiger partial charge in [-0.1, -0.05) is 6.07 Å². The van der Waals surface area contributed by atoms with Crippen LogP contribution >= 0.6 is 11.8 Å². The summed E-state index contributed by atoms with van der Waals surface area (Å²) in [6.45, 7) is 4.71. The molecule has 10 heteroatoms. The average Bonchev–Trinajstić information content (AvgIpc) is 3.59. The van der Waals surface area contributed by atoms with Crippen molar-refractivity contribution in [1.82, 2.24) is 34.3 Å². The number of fused-ring (bicyclic) bond motifs is 1. The second-order valence-corrected chi connectivity index (χ2v) is 10.2. The van der Waals surface area contributed by atoms with Crippen molar-refractivity contribution in [3.05, 3.63) is 78.6 Å². The summed E-state index contributed by atoms with van der Waals surface area (Å²) in [5.74, 6) is 0.966. The molecule has 9 nitrogen and oxygen atoms in total. The molecule has 0 unspecified atom stereocenters. The highest BCUT2D eigenvalue weighted by Crippen LogP contribution is 2.32. The topological polar surface area (TPSA) is 91.2 Å². The number of piperazine rings is 1. The third-order valence-corrected chi connectivity index (χ3v) is 7.60. The highest BCUT2D eigenvalue weighted by molar-refractivity contribution is 7.98. The van der Waals surface area contributed by atoms with E-state index in [1.807, 2.05) is 44.3 Å². The smallest absolute Gasteiger partial charge is 0.128 e. The third-order valence-electron chi connectivity index (χ3n) is 6.94. The second kappa shape index (κ2) is 10.3. The number of hydrogen-bond donors (Lipinski definition) is 0. The molecule has 6 heterocycles. The molecule has 0 atom stereocenters. The first-order valence-corrected chi connectivity index (χ1v) is 13.7. The Morgan fingerprint density at radius 2 is 1.76 bits per heavy atom. The van der Waals surface area contributed by atoms with Crippen molar-refractivity contribution in [2.45, 2.75) is 11.6 Å². The Balaban J connectivity index is 1.21. The van der Waals surface area contributed by atoms with Gasteiger partial charge in [0.1, 0.15) is 11.9 Å². The normalized spacial score (nSPS) is 14.2. The van der Waals surface area contributed by atoms with Crippen LogP contribution in [-0.2, 0) is 13.6 Å². The van der Waals surface area contributed by atoms with Gasteiger partial charge in [0, 0.05) is 86.8 Å². The molecule has 6 rings (SSSR count). The van der Waals surface area contributed by atoms with Crippen LogP contribution in [0.3, 0.4) is 0 Å². The van der Waals surface area contributed by atoms with Gasteiger partial charge in [-0.3, -0.25) is 9.58 Å². The van der Waals surface area contributed by atoms with E-state index >= 15 is 0 Å². The van der Waals surface area contributed by atoms with Crippen molar-refractivity contribution in [1.29, 1.82) is 5.26 Å². The number of thioether (sulfide) groups is 1. The van der Waals surface area contributed by atoms with E-state index < -0.39 is 0 Å². The van der Waals surface area contributed by atoms with Gasteiger partial charge in [0.05, 0.1) is 28.5 Å². The minimum atomic E-state index is 0.538. The molecular formula is C28H27N9S. The number of hydrogen-bond acceptors (Lipinski definition) is 8. The van der Waals surface area contributed by atoms with E-state index in [1.165, 1.54) is 5.56 Å². The summed E-state index contributed by atoms with van der Waals surface area (Å²) in [6, 6.07) is 12.8. The number of rotatable bonds is 6. The summed E-state index contributed by atoms with van der Waals surface area (Å²) in [5.41, 5.74) is 6.40. The van der Waals surface area contributed by atoms with Gasteiger partial charge >= 0.3 is 0 Å². The molecule has 190 valence electrons. The lowest BCUT2D eigenvalue weighted by Crippen LogP contribution is -2.46. The molecule has 0 aromatic carbocycles. The second-order valence-electron chi connectivity index (χ2n) is 9.39. The summed E-state index contributed by atoms with van der Waals surface area (Å²) in [4.78, 5) is 14.1. The van der Waals surface area contributed by atoms with Gasteiger partial charge in [0.15, 0.2) is 0 Å². The average molecular weight is 522 g/mol. The Bertz CT molecular complexity index is 1610. The summed E-state index contributed by atoms with van der Waals surface area (Å²) in [5, 5.41) is 19.5. The molecule has 0 aliphatic carbocycles. The molecule has 0 spiro atoms. The lowest BCUT2D eigenvalue weighted by atomic mass is 10.0. The summed E-state index contributed by atoms with van der Waals surface area (Å²) < 4.78 is 3.55. The molecule has 5 aromatic rings. The summed E-state index contributed by atoms with van der Waals surface area (Å²) in [7, 11) is 1.90. The fraction of sp³-hybridized carbons (Fsp3) is 0.250. The molecule has 0 saturated carbocycles. The molecule has 5 aromatic heterocycles. The van der Waals surface area contributed by atoms with Crippen LogP contribution in [0.5, 0.6) is 0 Å². The number of nitriles is 1. The first-order chi connectivity index (χ1) is 18.6. The molecular weight excluding hydrogens is 494 g/mol. The molecule has 0 N–H and O–H groups in total. The minimum absolute atomic E-state index is 0.538. The maximum atomic E-state index is 9.69. The summed E-state index contributed by atoms with van der Waals surface area (Å²) >= 11 is 1.66. The van der Waals surface area contributed by atoms with Crippen molar-refractivity contribution in [2.24, 2.45) is 7.05 Å². The van der Waals surface area contributed by atoms with Crippen LogP contribution in [0.25, 0.3) is 27.8 Å². The van der Waals surface area contributed by atoms with Gasteiger partial charge in [-0.05, 0) is 36.1 Å². The van der Waals surface area contributed by atoms with Crippen LogP contribution in [0, 0.1) is 11.3 Å². The molecule has 1 aliphatic heterocycles. The lowest BCUT2D eigenvalue weighted by molar-refractivity contribution is 0.249. The minimum Gasteiger partial charge on any atom is -0.354 e. The van der Waals surface area contributed by atoms with Crippen LogP contribution in [0.2, 0.25) is 0 Å². The monoisotopic (exact) mass is 521 g/mol. The van der Waals surface area contributed by atoms with E-state index in [2.05, 4.69) is 61.4 Å². The van der Waals surface area contributed by atoms with Gasteiger partial charge in [0.2, 0.25) is 0 Å². The first kappa shape index (κ1) is 24.2. The largest absolute Gasteiger partial charge is 0.354 e. The van der Waals surface area contributed by atoms with E-state index in [0.717, 1.165) is 71.3 Å². The standard InChI is InChI=1S/C28H27N9S/c1-34-18-24(16-32-34)22-11-25(28-23(12-29)15-33-37(28)19-22)21-4-5-26(30-14-21)36-9-7-35(8-10-36)17-20-3-6-27(38-2)31-13-20/h3-6,11,13-16,18-19H,7-10,17H2,1-2H3. The van der Waals surface area contributed by atoms with Crippen LogP contribution in [0.4, 0.5) is 5.82 Å². The molecule has 1 fully saturated rings. The van der Waals surface area contributed by atoms with E-state index in [4.69, 9.17) is 4.98 Å². The Hall–Kier alpha value is -4.20. The molecule has 1 saturated heterocycles. The lowest BCUT2D eigenvalue weighted by Gasteiger charge is -2.35. The molecule has 0 bridgehead atoms.